The number of methoxy groups -OCH3 is 1. The number of amides is 1. The normalized spacial score (nSPS) is 18.9. The second kappa shape index (κ2) is 8.27. The number of aromatic nitrogens is 1. The number of carbonyl (C=O) groups excluding carboxylic acids is 1. The Bertz CT molecular complexity index is 738. The summed E-state index contributed by atoms with van der Waals surface area (Å²) in [5, 5.41) is 6.36. The lowest BCUT2D eigenvalue weighted by Gasteiger charge is -2.34. The van der Waals surface area contributed by atoms with Gasteiger partial charge in [0.05, 0.1) is 19.7 Å². The molecule has 0 radical (unpaired) electrons. The summed E-state index contributed by atoms with van der Waals surface area (Å²) in [5.41, 5.74) is 1.17. The Labute approximate surface area is 164 Å². The van der Waals surface area contributed by atoms with Crippen molar-refractivity contribution in [1.82, 2.24) is 15.2 Å². The quantitative estimate of drug-likeness (QED) is 0.793. The highest BCUT2D eigenvalue weighted by molar-refractivity contribution is 7.13. The standard InChI is InChI=1S/C20H26N4O2S/c1-26-17-6-4-16(5-7-17)19(15-2-3-15)22-18(25)14-23-9-11-24(12-10-23)20-21-8-13-27-20/h4-8,13,15,19H,2-3,9-12,14H2,1H3,(H,22,25). The second-order valence-corrected chi connectivity index (χ2v) is 8.11. The predicted molar refractivity (Wildman–Crippen MR) is 107 cm³/mol. The fourth-order valence-corrected chi connectivity index (χ4v) is 4.30. The molecule has 27 heavy (non-hydrogen) atoms. The van der Waals surface area contributed by atoms with E-state index in [2.05, 4.69) is 32.2 Å². The Hall–Kier alpha value is -2.12. The fourth-order valence-electron chi connectivity index (χ4n) is 3.61. The molecule has 6 nitrogen and oxygen atoms in total. The summed E-state index contributed by atoms with van der Waals surface area (Å²) in [6, 6.07) is 8.17. The van der Waals surface area contributed by atoms with Gasteiger partial charge in [-0.1, -0.05) is 12.1 Å². The van der Waals surface area contributed by atoms with Gasteiger partial charge in [-0.05, 0) is 36.5 Å². The summed E-state index contributed by atoms with van der Waals surface area (Å²) in [6.07, 6.45) is 4.21. The molecule has 7 heteroatoms. The van der Waals surface area contributed by atoms with Crippen molar-refractivity contribution in [3.63, 3.8) is 0 Å². The van der Waals surface area contributed by atoms with Gasteiger partial charge in [-0.2, -0.15) is 0 Å². The molecule has 1 aliphatic carbocycles. The van der Waals surface area contributed by atoms with Crippen LogP contribution in [0.5, 0.6) is 5.75 Å². The Morgan fingerprint density at radius 3 is 2.59 bits per heavy atom. The van der Waals surface area contributed by atoms with E-state index >= 15 is 0 Å². The molecule has 1 aliphatic heterocycles. The van der Waals surface area contributed by atoms with Crippen LogP contribution < -0.4 is 15.0 Å². The molecule has 2 heterocycles. The smallest absolute Gasteiger partial charge is 0.234 e. The highest BCUT2D eigenvalue weighted by Crippen LogP contribution is 2.41. The van der Waals surface area contributed by atoms with Crippen molar-refractivity contribution in [3.05, 3.63) is 41.4 Å². The maximum atomic E-state index is 12.7. The van der Waals surface area contributed by atoms with Gasteiger partial charge in [-0.15, -0.1) is 11.3 Å². The average Bonchev–Trinajstić information content (AvgIpc) is 3.40. The van der Waals surface area contributed by atoms with Crippen molar-refractivity contribution in [2.24, 2.45) is 5.92 Å². The minimum atomic E-state index is 0.111. The van der Waals surface area contributed by atoms with Crippen LogP contribution in [-0.4, -0.2) is 55.6 Å². The van der Waals surface area contributed by atoms with Gasteiger partial charge < -0.3 is 15.0 Å². The second-order valence-electron chi connectivity index (χ2n) is 7.23. The SMILES string of the molecule is COc1ccc(C(NC(=O)CN2CCN(c3nccs3)CC2)C2CC2)cc1. The summed E-state index contributed by atoms with van der Waals surface area (Å²) in [7, 11) is 1.67. The minimum Gasteiger partial charge on any atom is -0.497 e. The number of hydrogen-bond donors (Lipinski definition) is 1. The number of thiazole rings is 1. The molecule has 144 valence electrons. The first-order valence-electron chi connectivity index (χ1n) is 9.53. The van der Waals surface area contributed by atoms with Gasteiger partial charge in [0.1, 0.15) is 5.75 Å². The summed E-state index contributed by atoms with van der Waals surface area (Å²) >= 11 is 1.67. The predicted octanol–water partition coefficient (Wildman–Crippen LogP) is 2.54. The van der Waals surface area contributed by atoms with Gasteiger partial charge >= 0.3 is 0 Å². The molecule has 4 rings (SSSR count). The number of hydrogen-bond acceptors (Lipinski definition) is 6. The lowest BCUT2D eigenvalue weighted by Crippen LogP contribution is -2.50. The van der Waals surface area contributed by atoms with E-state index in [1.165, 1.54) is 18.4 Å². The Balaban J connectivity index is 1.30. The van der Waals surface area contributed by atoms with Gasteiger partial charge in [0, 0.05) is 37.8 Å². The largest absolute Gasteiger partial charge is 0.497 e. The van der Waals surface area contributed by atoms with Gasteiger partial charge in [-0.25, -0.2) is 4.98 Å². The molecule has 1 saturated heterocycles. The molecule has 2 fully saturated rings. The Morgan fingerprint density at radius 1 is 1.26 bits per heavy atom. The topological polar surface area (TPSA) is 57.7 Å². The van der Waals surface area contributed by atoms with Gasteiger partial charge in [0.15, 0.2) is 5.13 Å². The first-order chi connectivity index (χ1) is 13.2. The lowest BCUT2D eigenvalue weighted by atomic mass is 10.0. The molecule has 1 aromatic carbocycles. The Morgan fingerprint density at radius 2 is 2.00 bits per heavy atom. The maximum absolute atomic E-state index is 12.7. The molecule has 0 spiro atoms. The third-order valence-corrected chi connectivity index (χ3v) is 6.15. The van der Waals surface area contributed by atoms with Crippen LogP contribution in [0.4, 0.5) is 5.13 Å². The van der Waals surface area contributed by atoms with Crippen molar-refractivity contribution in [3.8, 4) is 5.75 Å². The highest BCUT2D eigenvalue weighted by Gasteiger charge is 2.33. The molecule has 1 amide bonds. The monoisotopic (exact) mass is 386 g/mol. The lowest BCUT2D eigenvalue weighted by molar-refractivity contribution is -0.123. The molecule has 1 N–H and O–H groups in total. The van der Waals surface area contributed by atoms with E-state index in [4.69, 9.17) is 4.74 Å². The van der Waals surface area contributed by atoms with Gasteiger partial charge in [0.2, 0.25) is 5.91 Å². The van der Waals surface area contributed by atoms with Crippen molar-refractivity contribution >= 4 is 22.4 Å². The first-order valence-corrected chi connectivity index (χ1v) is 10.4. The van der Waals surface area contributed by atoms with Gasteiger partial charge in [-0.3, -0.25) is 9.69 Å². The molecular formula is C20H26N4O2S. The molecule has 1 saturated carbocycles. The highest BCUT2D eigenvalue weighted by atomic mass is 32.1. The van der Waals surface area contributed by atoms with Crippen molar-refractivity contribution < 1.29 is 9.53 Å². The maximum Gasteiger partial charge on any atom is 0.234 e. The zero-order valence-electron chi connectivity index (χ0n) is 15.6. The van der Waals surface area contributed by atoms with Gasteiger partial charge in [0.25, 0.3) is 0 Å². The van der Waals surface area contributed by atoms with E-state index in [1.54, 1.807) is 18.4 Å². The van der Waals surface area contributed by atoms with E-state index < -0.39 is 0 Å². The third kappa shape index (κ3) is 4.59. The molecule has 0 bridgehead atoms. The van der Waals surface area contributed by atoms with Crippen LogP contribution in [0.25, 0.3) is 0 Å². The summed E-state index contributed by atoms with van der Waals surface area (Å²) in [4.78, 5) is 21.6. The zero-order valence-corrected chi connectivity index (χ0v) is 16.5. The van der Waals surface area contributed by atoms with E-state index in [1.807, 2.05) is 23.7 Å². The summed E-state index contributed by atoms with van der Waals surface area (Å²) < 4.78 is 5.24. The molecule has 2 aromatic rings. The van der Waals surface area contributed by atoms with Crippen molar-refractivity contribution in [2.75, 3.05) is 44.7 Å². The molecule has 1 atom stereocenters. The van der Waals surface area contributed by atoms with Crippen LogP contribution in [-0.2, 0) is 4.79 Å². The number of carbonyl (C=O) groups is 1. The van der Waals surface area contributed by atoms with Crippen LogP contribution >= 0.6 is 11.3 Å². The molecular weight excluding hydrogens is 360 g/mol. The molecule has 1 unspecified atom stereocenters. The number of piperazine rings is 1. The number of nitrogens with zero attached hydrogens (tertiary/aromatic N) is 3. The zero-order chi connectivity index (χ0) is 18.6. The Kier molecular flexibility index (Phi) is 5.59. The number of nitrogens with one attached hydrogen (secondary N) is 1. The average molecular weight is 387 g/mol. The number of rotatable bonds is 7. The fraction of sp³-hybridized carbons (Fsp3) is 0.500. The van der Waals surface area contributed by atoms with Crippen LogP contribution in [0, 0.1) is 5.92 Å². The van der Waals surface area contributed by atoms with E-state index in [-0.39, 0.29) is 11.9 Å². The first kappa shape index (κ1) is 18.3. The van der Waals surface area contributed by atoms with Crippen LogP contribution in [0.15, 0.2) is 35.8 Å². The third-order valence-electron chi connectivity index (χ3n) is 5.31. The number of ether oxygens (including phenoxy) is 1. The van der Waals surface area contributed by atoms with Crippen LogP contribution in [0.1, 0.15) is 24.4 Å². The van der Waals surface area contributed by atoms with E-state index in [0.717, 1.165) is 37.1 Å². The number of benzene rings is 1. The molecule has 1 aromatic heterocycles. The van der Waals surface area contributed by atoms with E-state index in [9.17, 15) is 4.79 Å². The van der Waals surface area contributed by atoms with Crippen LogP contribution in [0.2, 0.25) is 0 Å². The van der Waals surface area contributed by atoms with E-state index in [0.29, 0.717) is 12.5 Å². The van der Waals surface area contributed by atoms with Crippen molar-refractivity contribution in [2.45, 2.75) is 18.9 Å². The molecule has 2 aliphatic rings. The minimum absolute atomic E-state index is 0.111. The summed E-state index contributed by atoms with van der Waals surface area (Å²) in [5.74, 6) is 1.52. The number of anilines is 1. The van der Waals surface area contributed by atoms with Crippen molar-refractivity contribution in [1.29, 1.82) is 0 Å². The van der Waals surface area contributed by atoms with Crippen LogP contribution in [0.3, 0.4) is 0 Å². The summed E-state index contributed by atoms with van der Waals surface area (Å²) in [6.45, 7) is 4.09.